The van der Waals surface area contributed by atoms with Crippen LogP contribution in [0.3, 0.4) is 0 Å². The van der Waals surface area contributed by atoms with Gasteiger partial charge in [-0.25, -0.2) is 4.79 Å². The lowest BCUT2D eigenvalue weighted by molar-refractivity contribution is -0.137. The van der Waals surface area contributed by atoms with E-state index in [1.165, 1.54) is 111 Å². The summed E-state index contributed by atoms with van der Waals surface area (Å²) < 4.78 is 9.28. The fourth-order valence-corrected chi connectivity index (χ4v) is 8.54. The molecule has 8 nitrogen and oxygen atoms in total. The lowest BCUT2D eigenvalue weighted by Crippen LogP contribution is -2.36. The number of aromatic nitrogens is 2. The molecule has 2 unspecified atom stereocenters. The summed E-state index contributed by atoms with van der Waals surface area (Å²) in [4.78, 5) is 27.4. The topological polar surface area (TPSA) is 101 Å². The predicted octanol–water partition coefficient (Wildman–Crippen LogP) is 11.3. The van der Waals surface area contributed by atoms with Gasteiger partial charge in [0.2, 0.25) is 5.88 Å². The molecule has 0 bridgehead atoms. The Labute approximate surface area is 315 Å². The second-order valence-corrected chi connectivity index (χ2v) is 15.7. The number of fused-ring (bicyclic) bond motifs is 2. The first kappa shape index (κ1) is 39.7. The second-order valence-electron chi connectivity index (χ2n) is 15.4. The fraction of sp³-hybridized carbons (Fsp3) is 0.628. The third-order valence-electron chi connectivity index (χ3n) is 11.3. The van der Waals surface area contributed by atoms with Crippen molar-refractivity contribution < 1.29 is 19.4 Å². The molecule has 2 N–H and O–H groups in total. The highest BCUT2D eigenvalue weighted by molar-refractivity contribution is 7.71. The van der Waals surface area contributed by atoms with Crippen LogP contribution in [-0.2, 0) is 17.9 Å². The van der Waals surface area contributed by atoms with E-state index < -0.39 is 11.6 Å². The van der Waals surface area contributed by atoms with Crippen molar-refractivity contribution in [2.75, 3.05) is 18.0 Å². The Hall–Kier alpha value is -3.55. The molecule has 2 atom stereocenters. The zero-order valence-corrected chi connectivity index (χ0v) is 32.7. The number of rotatable bonds is 21. The summed E-state index contributed by atoms with van der Waals surface area (Å²) >= 11 is 5.63. The van der Waals surface area contributed by atoms with Gasteiger partial charge in [0.05, 0.1) is 5.56 Å². The molecule has 5 rings (SSSR count). The number of unbranched alkanes of at least 4 members (excludes halogenated alkanes) is 15. The number of nitrogens with zero attached hydrogens (tertiary/aromatic N) is 3. The minimum absolute atomic E-state index is 0.0862. The first-order valence-electron chi connectivity index (χ1n) is 20.3. The molecule has 0 radical (unpaired) electrons. The summed E-state index contributed by atoms with van der Waals surface area (Å²) in [5.41, 5.74) is 7.52. The molecule has 2 aliphatic heterocycles. The third kappa shape index (κ3) is 9.90. The Bertz CT molecular complexity index is 1840. The highest BCUT2D eigenvalue weighted by Crippen LogP contribution is 2.47. The average Bonchev–Trinajstić information content (AvgIpc) is 3.33. The van der Waals surface area contributed by atoms with Gasteiger partial charge in [0.25, 0.3) is 0 Å². The van der Waals surface area contributed by atoms with Crippen LogP contribution in [0.1, 0.15) is 171 Å². The van der Waals surface area contributed by atoms with Crippen LogP contribution in [0.2, 0.25) is 0 Å². The highest BCUT2D eigenvalue weighted by Gasteiger charge is 2.33. The molecule has 284 valence electrons. The molecule has 1 aromatic carbocycles. The lowest BCUT2D eigenvalue weighted by atomic mass is 9.81. The molecule has 0 fully saturated rings. The van der Waals surface area contributed by atoms with E-state index >= 15 is 0 Å². The van der Waals surface area contributed by atoms with Crippen LogP contribution >= 0.6 is 12.2 Å². The van der Waals surface area contributed by atoms with Crippen molar-refractivity contribution in [3.05, 3.63) is 55.4 Å². The van der Waals surface area contributed by atoms with E-state index in [0.717, 1.165) is 56.1 Å². The van der Waals surface area contributed by atoms with E-state index in [4.69, 9.17) is 16.6 Å². The van der Waals surface area contributed by atoms with Crippen molar-refractivity contribution >= 4 is 47.0 Å². The minimum atomic E-state index is -1.06. The molecule has 0 aliphatic carbocycles. The van der Waals surface area contributed by atoms with Gasteiger partial charge in [-0.3, -0.25) is 9.36 Å². The molecule has 2 aliphatic rings. The molecule has 4 heterocycles. The van der Waals surface area contributed by atoms with Gasteiger partial charge in [-0.05, 0) is 67.1 Å². The Kier molecular flexibility index (Phi) is 14.9. The maximum atomic E-state index is 13.2. The summed E-state index contributed by atoms with van der Waals surface area (Å²) in [6, 6.07) is 4.03. The first-order valence-corrected chi connectivity index (χ1v) is 20.7. The molecular weight excluding hydrogens is 671 g/mol. The Morgan fingerprint density at radius 3 is 2.04 bits per heavy atom. The molecular formula is C43H61N3O5S. The van der Waals surface area contributed by atoms with Crippen molar-refractivity contribution in [2.45, 2.75) is 161 Å². The number of aromatic hydroxyl groups is 1. The van der Waals surface area contributed by atoms with Gasteiger partial charge in [0.15, 0.2) is 4.77 Å². The van der Waals surface area contributed by atoms with E-state index in [0.29, 0.717) is 29.5 Å². The van der Waals surface area contributed by atoms with Gasteiger partial charge in [-0.1, -0.05) is 117 Å². The monoisotopic (exact) mass is 731 g/mol. The van der Waals surface area contributed by atoms with Crippen molar-refractivity contribution in [2.24, 2.45) is 0 Å². The van der Waals surface area contributed by atoms with Crippen LogP contribution in [-0.4, -0.2) is 38.4 Å². The van der Waals surface area contributed by atoms with Gasteiger partial charge in [-0.2, -0.15) is 0 Å². The normalized spacial score (nSPS) is 16.6. The Morgan fingerprint density at radius 1 is 0.865 bits per heavy atom. The minimum Gasteiger partial charge on any atom is -0.493 e. The Balaban J connectivity index is 1.18. The van der Waals surface area contributed by atoms with Crippen LogP contribution < -0.4 is 10.5 Å². The number of hydrogen-bond donors (Lipinski definition) is 2. The SMILES string of the molecule is CCCCCCCCCCCCCCCCCCn1c(O)c(C=C=Cc2cc3cc4c5c(c3oc2=O)C(C)CCN5CCC4C)n(CC(=O)O)c1=S. The van der Waals surface area contributed by atoms with Crippen molar-refractivity contribution in [1.82, 2.24) is 9.13 Å². The van der Waals surface area contributed by atoms with E-state index in [9.17, 15) is 19.8 Å². The highest BCUT2D eigenvalue weighted by atomic mass is 32.1. The van der Waals surface area contributed by atoms with Crippen LogP contribution in [0.4, 0.5) is 5.69 Å². The van der Waals surface area contributed by atoms with E-state index in [1.54, 1.807) is 4.57 Å². The number of imidazole rings is 1. The maximum Gasteiger partial charge on any atom is 0.344 e. The average molecular weight is 732 g/mol. The standard InChI is InChI=1S/C43H61N3O5S/c1-4-5-6-7-8-9-10-11-12-13-14-15-16-17-18-19-25-45-41(49)36(46(43(45)52)30-37(47)48)22-20-21-33-28-34-29-35-31(2)23-26-44-27-24-32(3)38(39(35)44)40(34)51-42(33)50/h21-22,28-29,31-32,49H,4-19,23-27,30H2,1-3H3,(H,47,48). The number of aliphatic carboxylic acids is 1. The number of benzene rings is 1. The molecule has 0 saturated carbocycles. The maximum absolute atomic E-state index is 13.2. The van der Waals surface area contributed by atoms with Gasteiger partial charge in [0, 0.05) is 42.3 Å². The van der Waals surface area contributed by atoms with E-state index in [1.807, 2.05) is 6.07 Å². The van der Waals surface area contributed by atoms with Crippen molar-refractivity contribution in [3.8, 4) is 5.88 Å². The summed E-state index contributed by atoms with van der Waals surface area (Å²) in [5, 5.41) is 21.7. The number of carbonyl (C=O) groups is 1. The zero-order valence-electron chi connectivity index (χ0n) is 31.9. The van der Waals surface area contributed by atoms with Crippen LogP contribution in [0, 0.1) is 4.77 Å². The predicted molar refractivity (Wildman–Crippen MR) is 215 cm³/mol. The number of carboxylic acid groups (broad SMARTS) is 1. The van der Waals surface area contributed by atoms with Crippen LogP contribution in [0.25, 0.3) is 23.1 Å². The quantitative estimate of drug-likeness (QED) is 0.0487. The van der Waals surface area contributed by atoms with Crippen LogP contribution in [0.15, 0.2) is 27.1 Å². The number of hydrogen-bond acceptors (Lipinski definition) is 6. The van der Waals surface area contributed by atoms with E-state index in [2.05, 4.69) is 37.5 Å². The molecule has 0 saturated heterocycles. The largest absolute Gasteiger partial charge is 0.493 e. The van der Waals surface area contributed by atoms with Crippen molar-refractivity contribution in [3.63, 3.8) is 0 Å². The molecule has 0 amide bonds. The molecule has 0 spiro atoms. The Morgan fingerprint density at radius 2 is 1.44 bits per heavy atom. The molecule has 2 aromatic heterocycles. The van der Waals surface area contributed by atoms with Gasteiger partial charge < -0.3 is 24.1 Å². The third-order valence-corrected chi connectivity index (χ3v) is 11.8. The van der Waals surface area contributed by atoms with Crippen LogP contribution in [0.5, 0.6) is 5.88 Å². The first-order chi connectivity index (χ1) is 25.2. The number of carboxylic acids is 1. The summed E-state index contributed by atoms with van der Waals surface area (Å²) in [6.45, 7) is 8.92. The van der Waals surface area contributed by atoms with Gasteiger partial charge in [0.1, 0.15) is 17.8 Å². The summed E-state index contributed by atoms with van der Waals surface area (Å²) in [6.07, 6.45) is 25.6. The summed E-state index contributed by atoms with van der Waals surface area (Å²) in [7, 11) is 0. The zero-order chi connectivity index (χ0) is 37.0. The number of anilines is 1. The summed E-state index contributed by atoms with van der Waals surface area (Å²) in [5.74, 6) is -0.420. The smallest absolute Gasteiger partial charge is 0.344 e. The fourth-order valence-electron chi connectivity index (χ4n) is 8.20. The lowest BCUT2D eigenvalue weighted by Gasteiger charge is -2.41. The van der Waals surface area contributed by atoms with Crippen molar-refractivity contribution in [1.29, 1.82) is 0 Å². The van der Waals surface area contributed by atoms with E-state index in [-0.39, 0.29) is 22.9 Å². The molecule has 52 heavy (non-hydrogen) atoms. The van der Waals surface area contributed by atoms with Gasteiger partial charge in [-0.15, -0.1) is 5.73 Å². The molecule has 9 heteroatoms. The molecule has 3 aromatic rings. The second kappa shape index (κ2) is 19.5. The van der Waals surface area contributed by atoms with Gasteiger partial charge >= 0.3 is 11.6 Å².